The highest BCUT2D eigenvalue weighted by Crippen LogP contribution is 2.22. The van der Waals surface area contributed by atoms with E-state index in [4.69, 9.17) is 0 Å². The van der Waals surface area contributed by atoms with Gasteiger partial charge < -0.3 is 0 Å². The molecular weight excluding hydrogens is 177 g/mol. The second kappa shape index (κ2) is 2.64. The lowest BCUT2D eigenvalue weighted by atomic mass is 10.2. The maximum absolute atomic E-state index is 12.7. The molecule has 0 amide bonds. The minimum absolute atomic E-state index is 0.413. The van der Waals surface area contributed by atoms with Crippen molar-refractivity contribution in [3.63, 3.8) is 0 Å². The van der Waals surface area contributed by atoms with Gasteiger partial charge in [0, 0.05) is 16.3 Å². The van der Waals surface area contributed by atoms with E-state index in [2.05, 4.69) is 4.98 Å². The number of aromatic nitrogens is 1. The van der Waals surface area contributed by atoms with Crippen molar-refractivity contribution in [3.05, 3.63) is 29.0 Å². The second-order valence-corrected chi connectivity index (χ2v) is 3.17. The molecule has 0 aromatic carbocycles. The zero-order valence-electron chi connectivity index (χ0n) is 5.95. The number of thiophene rings is 1. The van der Waals surface area contributed by atoms with Gasteiger partial charge in [0.05, 0.1) is 6.20 Å². The van der Waals surface area contributed by atoms with Crippen molar-refractivity contribution < 1.29 is 9.18 Å². The van der Waals surface area contributed by atoms with E-state index < -0.39 is 5.82 Å². The molecule has 2 heterocycles. The lowest BCUT2D eigenvalue weighted by molar-refractivity contribution is 0.112. The first-order valence-electron chi connectivity index (χ1n) is 3.29. The summed E-state index contributed by atoms with van der Waals surface area (Å²) >= 11 is 1.34. The minimum Gasteiger partial charge on any atom is -0.298 e. The van der Waals surface area contributed by atoms with Crippen LogP contribution in [0.25, 0.3) is 10.2 Å². The van der Waals surface area contributed by atoms with Crippen LogP contribution in [0, 0.1) is 5.82 Å². The van der Waals surface area contributed by atoms with E-state index in [9.17, 15) is 9.18 Å². The zero-order chi connectivity index (χ0) is 8.55. The van der Waals surface area contributed by atoms with Gasteiger partial charge in [0.15, 0.2) is 6.29 Å². The number of carbonyl (C=O) groups is 1. The summed E-state index contributed by atoms with van der Waals surface area (Å²) in [6.45, 7) is 0. The third kappa shape index (κ3) is 1.00. The van der Waals surface area contributed by atoms with Crippen molar-refractivity contribution in [2.45, 2.75) is 0 Å². The molecule has 60 valence electrons. The predicted octanol–water partition coefficient (Wildman–Crippen LogP) is 2.25. The Morgan fingerprint density at radius 1 is 1.58 bits per heavy atom. The van der Waals surface area contributed by atoms with Crippen LogP contribution in [0.5, 0.6) is 0 Å². The van der Waals surface area contributed by atoms with E-state index in [1.54, 1.807) is 5.38 Å². The number of pyridine rings is 1. The zero-order valence-corrected chi connectivity index (χ0v) is 6.77. The maximum atomic E-state index is 12.7. The quantitative estimate of drug-likeness (QED) is 0.631. The van der Waals surface area contributed by atoms with Crippen LogP contribution in [0.1, 0.15) is 10.4 Å². The molecule has 0 atom stereocenters. The normalized spacial score (nSPS) is 10.4. The van der Waals surface area contributed by atoms with E-state index in [1.165, 1.54) is 17.4 Å². The van der Waals surface area contributed by atoms with Crippen molar-refractivity contribution in [1.29, 1.82) is 0 Å². The highest BCUT2D eigenvalue weighted by Gasteiger charge is 2.04. The molecule has 0 aliphatic rings. The molecule has 2 rings (SSSR count). The van der Waals surface area contributed by atoms with Gasteiger partial charge in [-0.05, 0) is 6.07 Å². The average molecular weight is 181 g/mol. The molecule has 0 aliphatic carbocycles. The van der Waals surface area contributed by atoms with Gasteiger partial charge in [0.1, 0.15) is 10.6 Å². The standard InChI is InChI=1S/C8H4FNOS/c9-6-1-7-5(3-11)4-12-8(7)10-2-6/h1-4H. The van der Waals surface area contributed by atoms with Gasteiger partial charge in [-0.2, -0.15) is 0 Å². The summed E-state index contributed by atoms with van der Waals surface area (Å²) < 4.78 is 12.7. The van der Waals surface area contributed by atoms with E-state index >= 15 is 0 Å². The van der Waals surface area contributed by atoms with Crippen molar-refractivity contribution >= 4 is 27.8 Å². The number of rotatable bonds is 1. The molecule has 4 heteroatoms. The minimum atomic E-state index is -0.413. The molecule has 0 spiro atoms. The van der Waals surface area contributed by atoms with Gasteiger partial charge in [0.2, 0.25) is 0 Å². The van der Waals surface area contributed by atoms with E-state index in [0.29, 0.717) is 22.1 Å². The number of nitrogens with zero attached hydrogens (tertiary/aromatic N) is 1. The molecule has 0 bridgehead atoms. The number of halogens is 1. The van der Waals surface area contributed by atoms with Gasteiger partial charge in [-0.25, -0.2) is 9.37 Å². The first-order valence-corrected chi connectivity index (χ1v) is 4.17. The summed E-state index contributed by atoms with van der Waals surface area (Å²) in [6, 6.07) is 1.32. The Kier molecular flexibility index (Phi) is 1.62. The number of hydrogen-bond acceptors (Lipinski definition) is 3. The Balaban J connectivity index is 2.83. The molecule has 2 aromatic rings. The van der Waals surface area contributed by atoms with Crippen LogP contribution >= 0.6 is 11.3 Å². The summed E-state index contributed by atoms with van der Waals surface area (Å²) in [5.74, 6) is -0.413. The molecule has 0 aliphatic heterocycles. The highest BCUT2D eigenvalue weighted by molar-refractivity contribution is 7.17. The van der Waals surface area contributed by atoms with Gasteiger partial charge >= 0.3 is 0 Å². The average Bonchev–Trinajstić information content (AvgIpc) is 2.46. The Labute approximate surface area is 71.7 Å². The predicted molar refractivity (Wildman–Crippen MR) is 45.0 cm³/mol. The fraction of sp³-hybridized carbons (Fsp3) is 0. The summed E-state index contributed by atoms with van der Waals surface area (Å²) in [6.07, 6.45) is 1.85. The van der Waals surface area contributed by atoms with Gasteiger partial charge in [0.25, 0.3) is 0 Å². The van der Waals surface area contributed by atoms with Gasteiger partial charge in [-0.1, -0.05) is 0 Å². The maximum Gasteiger partial charge on any atom is 0.151 e. The van der Waals surface area contributed by atoms with Crippen LogP contribution in [0.4, 0.5) is 4.39 Å². The third-order valence-electron chi connectivity index (χ3n) is 1.55. The number of aldehydes is 1. The Hall–Kier alpha value is -1.29. The smallest absolute Gasteiger partial charge is 0.151 e. The van der Waals surface area contributed by atoms with Crippen molar-refractivity contribution in [3.8, 4) is 0 Å². The third-order valence-corrected chi connectivity index (χ3v) is 2.47. The molecule has 0 N–H and O–H groups in total. The SMILES string of the molecule is O=Cc1csc2ncc(F)cc12. The fourth-order valence-electron chi connectivity index (χ4n) is 1.00. The molecule has 2 aromatic heterocycles. The lowest BCUT2D eigenvalue weighted by Crippen LogP contribution is -1.79. The van der Waals surface area contributed by atoms with Crippen LogP contribution in [-0.4, -0.2) is 11.3 Å². The molecule has 0 saturated heterocycles. The fourth-order valence-corrected chi connectivity index (χ4v) is 1.84. The lowest BCUT2D eigenvalue weighted by Gasteiger charge is -1.89. The van der Waals surface area contributed by atoms with E-state index in [1.807, 2.05) is 0 Å². The van der Waals surface area contributed by atoms with Crippen molar-refractivity contribution in [2.24, 2.45) is 0 Å². The molecule has 0 fully saturated rings. The largest absolute Gasteiger partial charge is 0.298 e. The molecule has 0 saturated carbocycles. The topological polar surface area (TPSA) is 30.0 Å². The van der Waals surface area contributed by atoms with E-state index in [-0.39, 0.29) is 0 Å². The first kappa shape index (κ1) is 7.36. The highest BCUT2D eigenvalue weighted by atomic mass is 32.1. The van der Waals surface area contributed by atoms with Crippen LogP contribution < -0.4 is 0 Å². The molecular formula is C8H4FNOS. The Bertz CT molecular complexity index is 438. The molecule has 0 radical (unpaired) electrons. The van der Waals surface area contributed by atoms with E-state index in [0.717, 1.165) is 6.20 Å². The summed E-state index contributed by atoms with van der Waals surface area (Å²) in [5, 5.41) is 2.26. The second-order valence-electron chi connectivity index (χ2n) is 2.32. The number of hydrogen-bond donors (Lipinski definition) is 0. The van der Waals surface area contributed by atoms with Crippen LogP contribution in [0.15, 0.2) is 17.6 Å². The molecule has 0 unspecified atom stereocenters. The van der Waals surface area contributed by atoms with Crippen LogP contribution in [0.3, 0.4) is 0 Å². The number of fused-ring (bicyclic) bond motifs is 1. The first-order chi connectivity index (χ1) is 5.81. The van der Waals surface area contributed by atoms with Crippen LogP contribution in [-0.2, 0) is 0 Å². The number of carbonyl (C=O) groups excluding carboxylic acids is 1. The van der Waals surface area contributed by atoms with Crippen molar-refractivity contribution in [1.82, 2.24) is 4.98 Å². The summed E-state index contributed by atoms with van der Waals surface area (Å²) in [7, 11) is 0. The summed E-state index contributed by atoms with van der Waals surface area (Å²) in [5.41, 5.74) is 0.502. The monoisotopic (exact) mass is 181 g/mol. The summed E-state index contributed by atoms with van der Waals surface area (Å²) in [4.78, 5) is 15.0. The Morgan fingerprint density at radius 3 is 3.17 bits per heavy atom. The van der Waals surface area contributed by atoms with Gasteiger partial charge in [-0.15, -0.1) is 11.3 Å². The van der Waals surface area contributed by atoms with Crippen LogP contribution in [0.2, 0.25) is 0 Å². The molecule has 2 nitrogen and oxygen atoms in total. The molecule has 12 heavy (non-hydrogen) atoms. The van der Waals surface area contributed by atoms with Gasteiger partial charge in [-0.3, -0.25) is 4.79 Å². The Morgan fingerprint density at radius 2 is 2.42 bits per heavy atom. The van der Waals surface area contributed by atoms with Crippen molar-refractivity contribution in [2.75, 3.05) is 0 Å².